The number of carbonyl (C=O) groups excluding carboxylic acids is 3. The van der Waals surface area contributed by atoms with Gasteiger partial charge in [0.15, 0.2) is 5.78 Å². The van der Waals surface area contributed by atoms with Crippen LogP contribution in [0.4, 0.5) is 10.5 Å². The van der Waals surface area contributed by atoms with Crippen LogP contribution in [0.25, 0.3) is 22.3 Å². The van der Waals surface area contributed by atoms with Crippen LogP contribution in [-0.4, -0.2) is 82.8 Å². The van der Waals surface area contributed by atoms with E-state index in [1.165, 1.54) is 19.3 Å². The number of piperidine rings is 2. The lowest BCUT2D eigenvalue weighted by Crippen LogP contribution is -2.48. The molecule has 1 N–H and O–H groups in total. The van der Waals surface area contributed by atoms with Crippen LogP contribution in [-0.2, 0) is 64.3 Å². The average Bonchev–Trinajstić information content (AvgIpc) is 3.72. The summed E-state index contributed by atoms with van der Waals surface area (Å²) in [6, 6.07) is 21.6. The highest BCUT2D eigenvalue weighted by Gasteiger charge is 2.50. The fourth-order valence-electron chi connectivity index (χ4n) is 10.5. The number of nitrogens with one attached hydrogen (secondary N) is 1. The van der Waals surface area contributed by atoms with Crippen LogP contribution in [0.15, 0.2) is 77.6 Å². The van der Waals surface area contributed by atoms with Crippen molar-refractivity contribution in [2.75, 3.05) is 44.7 Å². The molecule has 0 saturated carbocycles. The van der Waals surface area contributed by atoms with Gasteiger partial charge in [-0.3, -0.25) is 14.2 Å². The highest BCUT2D eigenvalue weighted by Crippen LogP contribution is 2.61. The standard InChI is InChI=1S/C52H59ClN5O10P/c1-5-39-40-29-38(67-51(62)57-25-21-37(22-26-57)56-23-10-9-11-24-56)19-20-44(40)55-47-41(39)31-58-45(47)30-43-42(49(58)60)32-64-50(61)52(43,6-2)68-46(59)27-33-15-17-36(18-16-33)54-48(34-13-12-14-35(53)28-34)69(63,65-7-3)66-8-4/h12-20,28-30,37,48,54H,5-11,21-27,31-32H2,1-4H3. The summed E-state index contributed by atoms with van der Waals surface area (Å²) < 4.78 is 44.8. The molecule has 3 aromatic carbocycles. The Morgan fingerprint density at radius 1 is 0.913 bits per heavy atom. The van der Waals surface area contributed by atoms with E-state index in [-0.39, 0.29) is 62.0 Å². The highest BCUT2D eigenvalue weighted by molar-refractivity contribution is 7.54. The Balaban J connectivity index is 0.937. The summed E-state index contributed by atoms with van der Waals surface area (Å²) in [5, 5.41) is 4.57. The van der Waals surface area contributed by atoms with Gasteiger partial charge in [-0.25, -0.2) is 14.6 Å². The monoisotopic (exact) mass is 979 g/mol. The maximum atomic E-state index is 14.4. The number of cyclic esters (lactones) is 1. The number of rotatable bonds is 15. The SMILES string of the molecule is CCOP(=O)(OCC)C(Nc1ccc(CC(=O)OC2(CC)C(=O)OCc3c2cc2n(c3=O)Cc3c-2nc2ccc(OC(=O)N4CCC(N5CCCCC5)CC4)cc2c3CC)cc1)c1cccc(Cl)c1. The summed E-state index contributed by atoms with van der Waals surface area (Å²) in [7, 11) is -3.73. The largest absolute Gasteiger partial charge is 0.457 e. The second-order valence-electron chi connectivity index (χ2n) is 18.0. The van der Waals surface area contributed by atoms with E-state index in [0.29, 0.717) is 70.0 Å². The van der Waals surface area contributed by atoms with Gasteiger partial charge in [0.05, 0.1) is 48.6 Å². The van der Waals surface area contributed by atoms with Crippen molar-refractivity contribution >= 4 is 53.8 Å². The van der Waals surface area contributed by atoms with E-state index >= 15 is 0 Å². The van der Waals surface area contributed by atoms with Crippen LogP contribution in [0, 0.1) is 0 Å². The van der Waals surface area contributed by atoms with Gasteiger partial charge in [0.25, 0.3) is 5.56 Å². The molecule has 2 fully saturated rings. The smallest absolute Gasteiger partial charge is 0.415 e. The minimum Gasteiger partial charge on any atom is -0.457 e. The molecule has 15 nitrogen and oxygen atoms in total. The lowest BCUT2D eigenvalue weighted by Gasteiger charge is -2.39. The van der Waals surface area contributed by atoms with Crippen molar-refractivity contribution in [1.29, 1.82) is 0 Å². The van der Waals surface area contributed by atoms with E-state index in [1.54, 1.807) is 90.9 Å². The number of hydrogen-bond acceptors (Lipinski definition) is 13. The molecule has 0 radical (unpaired) electrons. The predicted molar refractivity (Wildman–Crippen MR) is 263 cm³/mol. The van der Waals surface area contributed by atoms with Crippen molar-refractivity contribution in [3.63, 3.8) is 0 Å². The van der Waals surface area contributed by atoms with E-state index in [0.717, 1.165) is 42.4 Å². The molecule has 364 valence electrons. The Morgan fingerprint density at radius 3 is 2.33 bits per heavy atom. The zero-order valence-corrected chi connectivity index (χ0v) is 41.2. The van der Waals surface area contributed by atoms with Gasteiger partial charge in [-0.15, -0.1) is 0 Å². The quantitative estimate of drug-likeness (QED) is 0.0763. The molecular formula is C52H59ClN5O10P. The molecule has 4 aliphatic heterocycles. The second-order valence-corrected chi connectivity index (χ2v) is 20.6. The molecule has 1 amide bonds. The van der Waals surface area contributed by atoms with Gasteiger partial charge in [-0.1, -0.05) is 56.1 Å². The number of nitrogens with zero attached hydrogens (tertiary/aromatic N) is 4. The van der Waals surface area contributed by atoms with Gasteiger partial charge < -0.3 is 42.9 Å². The molecule has 17 heteroatoms. The number of halogens is 1. The Morgan fingerprint density at radius 2 is 1.65 bits per heavy atom. The normalized spacial score (nSPS) is 18.8. The topological polar surface area (TPSA) is 168 Å². The summed E-state index contributed by atoms with van der Waals surface area (Å²) >= 11 is 6.32. The van der Waals surface area contributed by atoms with Gasteiger partial charge in [0.2, 0.25) is 5.60 Å². The first kappa shape index (κ1) is 48.5. The van der Waals surface area contributed by atoms with Crippen molar-refractivity contribution in [3.8, 4) is 17.1 Å². The molecule has 4 aliphatic rings. The number of amides is 1. The highest BCUT2D eigenvalue weighted by atomic mass is 35.5. The average molecular weight is 980 g/mol. The molecule has 6 heterocycles. The summed E-state index contributed by atoms with van der Waals surface area (Å²) in [5.41, 5.74) is 3.62. The zero-order valence-electron chi connectivity index (χ0n) is 39.6. The molecule has 2 unspecified atom stereocenters. The molecule has 0 spiro atoms. The molecule has 69 heavy (non-hydrogen) atoms. The lowest BCUT2D eigenvalue weighted by molar-refractivity contribution is -0.189. The third kappa shape index (κ3) is 9.56. The molecule has 0 bridgehead atoms. The third-order valence-electron chi connectivity index (χ3n) is 13.9. The molecular weight excluding hydrogens is 921 g/mol. The van der Waals surface area contributed by atoms with Crippen LogP contribution in [0.2, 0.25) is 5.02 Å². The van der Waals surface area contributed by atoms with Crippen LogP contribution in [0.5, 0.6) is 5.75 Å². The number of anilines is 1. The number of ether oxygens (including phenoxy) is 3. The van der Waals surface area contributed by atoms with E-state index in [1.807, 2.05) is 19.1 Å². The van der Waals surface area contributed by atoms with Crippen LogP contribution in [0.1, 0.15) is 105 Å². The van der Waals surface area contributed by atoms with Gasteiger partial charge in [0, 0.05) is 46.4 Å². The maximum absolute atomic E-state index is 14.4. The first-order valence-electron chi connectivity index (χ1n) is 24.2. The zero-order chi connectivity index (χ0) is 48.5. The minimum atomic E-state index is -3.73. The number of aromatic nitrogens is 2. The van der Waals surface area contributed by atoms with Crippen molar-refractivity contribution in [2.45, 2.75) is 110 Å². The summed E-state index contributed by atoms with van der Waals surface area (Å²) in [5.74, 6) is -1.92. The second kappa shape index (κ2) is 20.4. The lowest BCUT2D eigenvalue weighted by atomic mass is 9.85. The number of hydrogen-bond donors (Lipinski definition) is 1. The van der Waals surface area contributed by atoms with Gasteiger partial charge >= 0.3 is 25.6 Å². The molecule has 0 aliphatic carbocycles. The van der Waals surface area contributed by atoms with Crippen molar-refractivity contribution in [2.24, 2.45) is 0 Å². The van der Waals surface area contributed by atoms with E-state index < -0.39 is 30.9 Å². The van der Waals surface area contributed by atoms with Gasteiger partial charge in [0.1, 0.15) is 12.4 Å². The van der Waals surface area contributed by atoms with E-state index in [4.69, 9.17) is 39.8 Å². The molecule has 9 rings (SSSR count). The first-order chi connectivity index (χ1) is 33.4. The van der Waals surface area contributed by atoms with E-state index in [9.17, 15) is 23.7 Å². The summed E-state index contributed by atoms with van der Waals surface area (Å²) in [6.07, 6.45) is 5.72. The van der Waals surface area contributed by atoms with Gasteiger partial charge in [-0.05, 0) is 131 Å². The third-order valence-corrected chi connectivity index (χ3v) is 16.5. The van der Waals surface area contributed by atoms with Crippen molar-refractivity contribution < 1.29 is 42.2 Å². The Kier molecular flexibility index (Phi) is 14.3. The summed E-state index contributed by atoms with van der Waals surface area (Å²) in [6.45, 7) is 11.1. The Hall–Kier alpha value is -5.57. The fourth-order valence-corrected chi connectivity index (χ4v) is 12.6. The molecule has 2 atom stereocenters. The van der Waals surface area contributed by atoms with Crippen LogP contribution in [0.3, 0.4) is 0 Å². The number of benzene rings is 3. The van der Waals surface area contributed by atoms with Crippen LogP contribution < -0.4 is 15.6 Å². The Bertz CT molecular complexity index is 2870. The molecule has 2 saturated heterocycles. The minimum absolute atomic E-state index is 0.0110. The van der Waals surface area contributed by atoms with E-state index in [2.05, 4.69) is 10.2 Å². The van der Waals surface area contributed by atoms with Crippen LogP contribution >= 0.6 is 19.2 Å². The molecule has 5 aromatic rings. The number of fused-ring (bicyclic) bond motifs is 5. The summed E-state index contributed by atoms with van der Waals surface area (Å²) in [4.78, 5) is 65.0. The molecule has 2 aromatic heterocycles. The van der Waals surface area contributed by atoms with Crippen molar-refractivity contribution in [1.82, 2.24) is 19.4 Å². The number of pyridine rings is 2. The predicted octanol–water partition coefficient (Wildman–Crippen LogP) is 9.91. The Labute approximate surface area is 406 Å². The number of aryl methyl sites for hydroxylation is 1. The van der Waals surface area contributed by atoms with Crippen molar-refractivity contribution in [3.05, 3.63) is 122 Å². The number of likely N-dealkylation sites (tertiary alicyclic amines) is 2. The first-order valence-corrected chi connectivity index (χ1v) is 26.2. The number of esters is 2. The van der Waals surface area contributed by atoms with Gasteiger partial charge in [-0.2, -0.15) is 0 Å². The fraction of sp³-hybridized carbons (Fsp3) is 0.442. The number of carbonyl (C=O) groups is 3. The maximum Gasteiger partial charge on any atom is 0.415 e.